The number of rotatable bonds is 5. The highest BCUT2D eigenvalue weighted by atomic mass is 16.4. The van der Waals surface area contributed by atoms with Crippen molar-refractivity contribution in [1.29, 1.82) is 0 Å². The Balaban J connectivity index is 1.91. The van der Waals surface area contributed by atoms with Crippen LogP contribution in [0.25, 0.3) is 0 Å². The van der Waals surface area contributed by atoms with Gasteiger partial charge in [-0.3, -0.25) is 0 Å². The van der Waals surface area contributed by atoms with Crippen LogP contribution in [0.4, 0.5) is 10.5 Å². The van der Waals surface area contributed by atoms with Crippen LogP contribution < -0.4 is 10.6 Å². The number of carbonyl (C=O) groups is 2. The molecule has 6 nitrogen and oxygen atoms in total. The molecule has 1 aromatic carbocycles. The molecule has 0 radical (unpaired) electrons. The van der Waals surface area contributed by atoms with Gasteiger partial charge >= 0.3 is 12.0 Å². The van der Waals surface area contributed by atoms with Crippen molar-refractivity contribution in [2.24, 2.45) is 0 Å². The maximum atomic E-state index is 11.8. The van der Waals surface area contributed by atoms with Crippen LogP contribution in [-0.4, -0.2) is 17.1 Å². The maximum Gasteiger partial charge on any atom is 0.371 e. The standard InChI is InChI=1S/C15H16N2O4/c1-2-10-5-3-4-6-12(10)17-15(20)16-9-11-7-8-13(21-11)14(18)19/h3-8H,2,9H2,1H3,(H,18,19)(H2,16,17,20). The zero-order valence-electron chi connectivity index (χ0n) is 11.6. The zero-order valence-corrected chi connectivity index (χ0v) is 11.6. The third-order valence-electron chi connectivity index (χ3n) is 2.94. The van der Waals surface area contributed by atoms with E-state index >= 15 is 0 Å². The number of para-hydroxylation sites is 1. The Labute approximate surface area is 121 Å². The number of carboxylic acid groups (broad SMARTS) is 1. The number of amides is 2. The fraction of sp³-hybridized carbons (Fsp3) is 0.200. The highest BCUT2D eigenvalue weighted by Crippen LogP contribution is 2.15. The van der Waals surface area contributed by atoms with E-state index in [0.29, 0.717) is 5.76 Å². The van der Waals surface area contributed by atoms with E-state index in [0.717, 1.165) is 17.7 Å². The zero-order chi connectivity index (χ0) is 15.2. The lowest BCUT2D eigenvalue weighted by atomic mass is 10.1. The molecule has 0 saturated carbocycles. The fourth-order valence-electron chi connectivity index (χ4n) is 1.87. The molecule has 0 unspecified atom stereocenters. The minimum absolute atomic E-state index is 0.118. The molecular weight excluding hydrogens is 272 g/mol. The molecule has 0 atom stereocenters. The van der Waals surface area contributed by atoms with Crippen molar-refractivity contribution in [3.05, 3.63) is 53.5 Å². The Morgan fingerprint density at radius 2 is 1.95 bits per heavy atom. The lowest BCUT2D eigenvalue weighted by molar-refractivity contribution is 0.0660. The SMILES string of the molecule is CCc1ccccc1NC(=O)NCc1ccc(C(=O)O)o1. The van der Waals surface area contributed by atoms with E-state index < -0.39 is 5.97 Å². The van der Waals surface area contributed by atoms with Crippen molar-refractivity contribution < 1.29 is 19.1 Å². The van der Waals surface area contributed by atoms with Crippen molar-refractivity contribution in [2.45, 2.75) is 19.9 Å². The van der Waals surface area contributed by atoms with Crippen LogP contribution in [-0.2, 0) is 13.0 Å². The van der Waals surface area contributed by atoms with Crippen molar-refractivity contribution >= 4 is 17.7 Å². The molecule has 110 valence electrons. The summed E-state index contributed by atoms with van der Waals surface area (Å²) >= 11 is 0. The third-order valence-corrected chi connectivity index (χ3v) is 2.94. The molecule has 6 heteroatoms. The number of hydrogen-bond donors (Lipinski definition) is 3. The molecule has 2 rings (SSSR count). The number of carbonyl (C=O) groups excluding carboxylic acids is 1. The molecule has 0 spiro atoms. The Hall–Kier alpha value is -2.76. The first-order valence-corrected chi connectivity index (χ1v) is 6.55. The highest BCUT2D eigenvalue weighted by molar-refractivity contribution is 5.90. The smallest absolute Gasteiger partial charge is 0.371 e. The van der Waals surface area contributed by atoms with Gasteiger partial charge in [-0.2, -0.15) is 0 Å². The van der Waals surface area contributed by atoms with E-state index in [4.69, 9.17) is 9.52 Å². The molecule has 3 N–H and O–H groups in total. The fourth-order valence-corrected chi connectivity index (χ4v) is 1.87. The molecule has 0 aliphatic carbocycles. The van der Waals surface area contributed by atoms with Crippen LogP contribution in [0.5, 0.6) is 0 Å². The second kappa shape index (κ2) is 6.60. The molecule has 0 bridgehead atoms. The Morgan fingerprint density at radius 1 is 1.19 bits per heavy atom. The van der Waals surface area contributed by atoms with Gasteiger partial charge < -0.3 is 20.2 Å². The molecule has 1 heterocycles. The van der Waals surface area contributed by atoms with Gasteiger partial charge in [0.15, 0.2) is 0 Å². The molecule has 21 heavy (non-hydrogen) atoms. The van der Waals surface area contributed by atoms with Gasteiger partial charge in [0.05, 0.1) is 6.54 Å². The summed E-state index contributed by atoms with van der Waals surface area (Å²) in [5.41, 5.74) is 1.79. The molecule has 0 saturated heterocycles. The number of furan rings is 1. The van der Waals surface area contributed by atoms with Crippen LogP contribution >= 0.6 is 0 Å². The van der Waals surface area contributed by atoms with Gasteiger partial charge in [-0.15, -0.1) is 0 Å². The molecule has 0 fully saturated rings. The Morgan fingerprint density at radius 3 is 2.62 bits per heavy atom. The number of carboxylic acids is 1. The van der Waals surface area contributed by atoms with E-state index in [9.17, 15) is 9.59 Å². The molecule has 0 aliphatic rings. The number of anilines is 1. The lowest BCUT2D eigenvalue weighted by Gasteiger charge is -2.10. The summed E-state index contributed by atoms with van der Waals surface area (Å²) < 4.78 is 5.05. The molecule has 0 aliphatic heterocycles. The largest absolute Gasteiger partial charge is 0.475 e. The average molecular weight is 288 g/mol. The van der Waals surface area contributed by atoms with Crippen LogP contribution in [0.2, 0.25) is 0 Å². The second-order valence-electron chi connectivity index (χ2n) is 4.39. The van der Waals surface area contributed by atoms with Crippen molar-refractivity contribution in [3.63, 3.8) is 0 Å². The van der Waals surface area contributed by atoms with Gasteiger partial charge in [-0.25, -0.2) is 9.59 Å². The summed E-state index contributed by atoms with van der Waals surface area (Å²) in [5.74, 6) is -0.905. The van der Waals surface area contributed by atoms with E-state index in [1.54, 1.807) is 0 Å². The van der Waals surface area contributed by atoms with E-state index in [1.165, 1.54) is 12.1 Å². The van der Waals surface area contributed by atoms with E-state index in [2.05, 4.69) is 10.6 Å². The number of aryl methyl sites for hydroxylation is 1. The summed E-state index contributed by atoms with van der Waals surface area (Å²) in [6.07, 6.45) is 0.816. The van der Waals surface area contributed by atoms with Crippen molar-refractivity contribution in [2.75, 3.05) is 5.32 Å². The van der Waals surface area contributed by atoms with Crippen LogP contribution in [0.3, 0.4) is 0 Å². The number of hydrogen-bond acceptors (Lipinski definition) is 3. The van der Waals surface area contributed by atoms with Crippen molar-refractivity contribution in [1.82, 2.24) is 5.32 Å². The summed E-state index contributed by atoms with van der Waals surface area (Å²) in [6.45, 7) is 2.13. The molecule has 2 aromatic rings. The first-order valence-electron chi connectivity index (χ1n) is 6.55. The van der Waals surface area contributed by atoms with Gasteiger partial charge in [0.2, 0.25) is 5.76 Å². The minimum atomic E-state index is -1.14. The minimum Gasteiger partial charge on any atom is -0.475 e. The first-order chi connectivity index (χ1) is 10.1. The van der Waals surface area contributed by atoms with E-state index in [-0.39, 0.29) is 18.3 Å². The molecule has 2 amide bonds. The summed E-state index contributed by atoms with van der Waals surface area (Å²) in [6, 6.07) is 10.0. The summed E-state index contributed by atoms with van der Waals surface area (Å²) in [7, 11) is 0. The lowest BCUT2D eigenvalue weighted by Crippen LogP contribution is -2.28. The number of aromatic carboxylic acids is 1. The van der Waals surface area contributed by atoms with Crippen LogP contribution in [0.15, 0.2) is 40.8 Å². The third kappa shape index (κ3) is 3.85. The first kappa shape index (κ1) is 14.6. The van der Waals surface area contributed by atoms with Crippen LogP contribution in [0, 0.1) is 0 Å². The molecule has 1 aromatic heterocycles. The predicted octanol–water partition coefficient (Wildman–Crippen LogP) is 2.86. The van der Waals surface area contributed by atoms with E-state index in [1.807, 2.05) is 31.2 Å². The van der Waals surface area contributed by atoms with Gasteiger partial charge in [0, 0.05) is 5.69 Å². The molecular formula is C15H16N2O4. The number of urea groups is 1. The predicted molar refractivity (Wildman–Crippen MR) is 77.3 cm³/mol. The Bertz CT molecular complexity index is 649. The average Bonchev–Trinajstić information content (AvgIpc) is 2.95. The van der Waals surface area contributed by atoms with Crippen molar-refractivity contribution in [3.8, 4) is 0 Å². The highest BCUT2D eigenvalue weighted by Gasteiger charge is 2.10. The number of nitrogens with one attached hydrogen (secondary N) is 2. The van der Waals surface area contributed by atoms with Gasteiger partial charge in [-0.1, -0.05) is 25.1 Å². The topological polar surface area (TPSA) is 91.6 Å². The quantitative estimate of drug-likeness (QED) is 0.789. The summed E-state index contributed by atoms with van der Waals surface area (Å²) in [4.78, 5) is 22.5. The van der Waals surface area contributed by atoms with Gasteiger partial charge in [0.25, 0.3) is 0 Å². The Kier molecular flexibility index (Phi) is 4.61. The van der Waals surface area contributed by atoms with Gasteiger partial charge in [0.1, 0.15) is 5.76 Å². The summed E-state index contributed by atoms with van der Waals surface area (Å²) in [5, 5.41) is 14.1. The normalized spacial score (nSPS) is 10.1. The second-order valence-corrected chi connectivity index (χ2v) is 4.39. The maximum absolute atomic E-state index is 11.8. The van der Waals surface area contributed by atoms with Crippen LogP contribution in [0.1, 0.15) is 28.8 Å². The number of benzene rings is 1. The monoisotopic (exact) mass is 288 g/mol. The van der Waals surface area contributed by atoms with Gasteiger partial charge in [-0.05, 0) is 30.2 Å².